The highest BCUT2D eigenvalue weighted by Gasteiger charge is 2.21. The summed E-state index contributed by atoms with van der Waals surface area (Å²) in [5.41, 5.74) is 10.5. The zero-order valence-corrected chi connectivity index (χ0v) is 15.5. The summed E-state index contributed by atoms with van der Waals surface area (Å²) in [5, 5.41) is 21.6. The van der Waals surface area contributed by atoms with Gasteiger partial charge >= 0.3 is 0 Å². The average molecular weight is 373 g/mol. The maximum Gasteiger partial charge on any atom is 0.203 e. The Kier molecular flexibility index (Phi) is 5.30. The number of aliphatic hydroxyl groups is 1. The summed E-state index contributed by atoms with van der Waals surface area (Å²) in [6, 6.07) is 22.2. The summed E-state index contributed by atoms with van der Waals surface area (Å²) >= 11 is 0. The van der Waals surface area contributed by atoms with Crippen molar-refractivity contribution in [1.82, 2.24) is 20.4 Å². The lowest BCUT2D eigenvalue weighted by atomic mass is 9.86. The van der Waals surface area contributed by atoms with Crippen LogP contribution in [0, 0.1) is 0 Å². The molecule has 6 nitrogen and oxygen atoms in total. The number of pyridine rings is 1. The van der Waals surface area contributed by atoms with Crippen molar-refractivity contribution in [2.45, 2.75) is 31.3 Å². The first-order valence-electron chi connectivity index (χ1n) is 9.44. The van der Waals surface area contributed by atoms with E-state index in [1.54, 1.807) is 0 Å². The molecule has 0 aliphatic rings. The summed E-state index contributed by atoms with van der Waals surface area (Å²) in [5.74, 6) is 0.465. The molecule has 0 bridgehead atoms. The molecule has 2 aromatic heterocycles. The lowest BCUT2D eigenvalue weighted by molar-refractivity contribution is 0.160. The second-order valence-electron chi connectivity index (χ2n) is 7.02. The predicted octanol–water partition coefficient (Wildman–Crippen LogP) is 3.45. The van der Waals surface area contributed by atoms with Gasteiger partial charge in [0.25, 0.3) is 0 Å². The second-order valence-corrected chi connectivity index (χ2v) is 7.02. The van der Waals surface area contributed by atoms with Crippen molar-refractivity contribution in [2.75, 3.05) is 5.73 Å². The number of nitrogens with one attached hydrogen (secondary N) is 1. The van der Waals surface area contributed by atoms with Crippen LogP contribution >= 0.6 is 0 Å². The fourth-order valence-corrected chi connectivity index (χ4v) is 3.68. The third kappa shape index (κ3) is 4.02. The Morgan fingerprint density at radius 3 is 2.39 bits per heavy atom. The molecule has 0 aliphatic carbocycles. The van der Waals surface area contributed by atoms with Gasteiger partial charge in [-0.1, -0.05) is 60.7 Å². The lowest BCUT2D eigenvalue weighted by Gasteiger charge is -2.20. The minimum absolute atomic E-state index is 0.0459. The quantitative estimate of drug-likeness (QED) is 0.461. The highest BCUT2D eigenvalue weighted by atomic mass is 16.3. The van der Waals surface area contributed by atoms with Crippen LogP contribution in [0.1, 0.15) is 35.4 Å². The van der Waals surface area contributed by atoms with Crippen molar-refractivity contribution in [1.29, 1.82) is 0 Å². The van der Waals surface area contributed by atoms with Crippen LogP contribution in [0.25, 0.3) is 11.2 Å². The van der Waals surface area contributed by atoms with Gasteiger partial charge in [-0.3, -0.25) is 0 Å². The highest BCUT2D eigenvalue weighted by Crippen LogP contribution is 2.34. The fraction of sp³-hybridized carbons (Fsp3) is 0.227. The number of aromatic amines is 1. The number of nitrogens with zero attached hydrogens (tertiary/aromatic N) is 3. The number of hydrogen-bond donors (Lipinski definition) is 3. The monoisotopic (exact) mass is 373 g/mol. The van der Waals surface area contributed by atoms with Crippen molar-refractivity contribution < 1.29 is 5.11 Å². The first kappa shape index (κ1) is 18.1. The molecule has 6 heteroatoms. The van der Waals surface area contributed by atoms with Crippen molar-refractivity contribution in [3.63, 3.8) is 0 Å². The maximum absolute atomic E-state index is 10.6. The van der Waals surface area contributed by atoms with Gasteiger partial charge in [0.05, 0.1) is 6.10 Å². The Hall–Kier alpha value is -3.25. The number of aliphatic hydroxyl groups excluding tert-OH is 1. The molecular formula is C22H23N5O. The number of H-pyrrole nitrogens is 1. The molecule has 0 saturated carbocycles. The molecule has 0 saturated heterocycles. The third-order valence-corrected chi connectivity index (χ3v) is 5.02. The SMILES string of the molecule is Nc1cc(C(CCC(O)Cc2ccccc2)c2ccccc2)c2n[nH]nc2n1. The summed E-state index contributed by atoms with van der Waals surface area (Å²) in [4.78, 5) is 4.25. The van der Waals surface area contributed by atoms with Gasteiger partial charge in [0.2, 0.25) is 5.65 Å². The molecule has 28 heavy (non-hydrogen) atoms. The Morgan fingerprint density at radius 1 is 0.929 bits per heavy atom. The van der Waals surface area contributed by atoms with Gasteiger partial charge in [-0.25, -0.2) is 4.98 Å². The Morgan fingerprint density at radius 2 is 1.64 bits per heavy atom. The first-order chi connectivity index (χ1) is 13.7. The molecule has 2 aromatic carbocycles. The first-order valence-corrected chi connectivity index (χ1v) is 9.44. The van der Waals surface area contributed by atoms with Crippen molar-refractivity contribution in [3.05, 3.63) is 83.4 Å². The smallest absolute Gasteiger partial charge is 0.203 e. The molecule has 4 aromatic rings. The lowest BCUT2D eigenvalue weighted by Crippen LogP contribution is -2.13. The third-order valence-electron chi connectivity index (χ3n) is 5.02. The van der Waals surface area contributed by atoms with E-state index in [4.69, 9.17) is 5.73 Å². The molecule has 0 radical (unpaired) electrons. The van der Waals surface area contributed by atoms with E-state index in [2.05, 4.69) is 32.5 Å². The van der Waals surface area contributed by atoms with Crippen LogP contribution in [0.2, 0.25) is 0 Å². The van der Waals surface area contributed by atoms with Crippen LogP contribution in [0.4, 0.5) is 5.82 Å². The minimum atomic E-state index is -0.416. The van der Waals surface area contributed by atoms with Gasteiger partial charge in [-0.15, -0.1) is 5.10 Å². The molecule has 0 spiro atoms. The molecule has 0 fully saturated rings. The van der Waals surface area contributed by atoms with E-state index in [9.17, 15) is 5.11 Å². The molecule has 2 atom stereocenters. The normalized spacial score (nSPS) is 13.5. The van der Waals surface area contributed by atoms with Gasteiger partial charge in [0.15, 0.2) is 0 Å². The van der Waals surface area contributed by atoms with Gasteiger partial charge in [-0.05, 0) is 42.0 Å². The molecule has 0 amide bonds. The highest BCUT2D eigenvalue weighted by molar-refractivity contribution is 5.77. The zero-order valence-electron chi connectivity index (χ0n) is 15.5. The topological polar surface area (TPSA) is 101 Å². The molecule has 2 unspecified atom stereocenters. The van der Waals surface area contributed by atoms with E-state index in [1.165, 1.54) is 0 Å². The molecule has 4 N–H and O–H groups in total. The summed E-state index contributed by atoms with van der Waals surface area (Å²) in [7, 11) is 0. The Labute approximate surface area is 163 Å². The van der Waals surface area contributed by atoms with E-state index in [0.29, 0.717) is 24.3 Å². The summed E-state index contributed by atoms with van der Waals surface area (Å²) in [6.45, 7) is 0. The van der Waals surface area contributed by atoms with Crippen LogP contribution in [0.3, 0.4) is 0 Å². The number of hydrogen-bond acceptors (Lipinski definition) is 5. The Balaban J connectivity index is 1.60. The number of anilines is 1. The van der Waals surface area contributed by atoms with Crippen LogP contribution in [0.15, 0.2) is 66.7 Å². The van der Waals surface area contributed by atoms with Crippen LogP contribution in [-0.4, -0.2) is 31.6 Å². The fourth-order valence-electron chi connectivity index (χ4n) is 3.68. The van der Waals surface area contributed by atoms with E-state index in [1.807, 2.05) is 54.6 Å². The molecule has 0 aliphatic heterocycles. The van der Waals surface area contributed by atoms with Crippen molar-refractivity contribution >= 4 is 17.0 Å². The van der Waals surface area contributed by atoms with Gasteiger partial charge in [0, 0.05) is 5.92 Å². The zero-order chi connectivity index (χ0) is 19.3. The molecule has 4 rings (SSSR count). The van der Waals surface area contributed by atoms with Crippen LogP contribution < -0.4 is 5.73 Å². The van der Waals surface area contributed by atoms with Gasteiger partial charge in [0.1, 0.15) is 11.3 Å². The van der Waals surface area contributed by atoms with E-state index < -0.39 is 6.10 Å². The average Bonchev–Trinajstić information content (AvgIpc) is 3.18. The van der Waals surface area contributed by atoms with E-state index >= 15 is 0 Å². The van der Waals surface area contributed by atoms with Gasteiger partial charge in [-0.2, -0.15) is 10.3 Å². The van der Waals surface area contributed by atoms with Crippen molar-refractivity contribution in [3.8, 4) is 0 Å². The van der Waals surface area contributed by atoms with Crippen molar-refractivity contribution in [2.24, 2.45) is 0 Å². The largest absolute Gasteiger partial charge is 0.393 e. The number of rotatable bonds is 7. The number of nitrogen functional groups attached to an aromatic ring is 1. The van der Waals surface area contributed by atoms with Crippen LogP contribution in [-0.2, 0) is 6.42 Å². The maximum atomic E-state index is 10.6. The summed E-state index contributed by atoms with van der Waals surface area (Å²) < 4.78 is 0. The standard InChI is InChI=1S/C22H23N5O/c23-20-14-19(21-22(24-20)26-27-25-21)18(16-9-5-2-6-10-16)12-11-17(28)13-15-7-3-1-4-8-15/h1-10,14,17-18,28H,11-13H2,(H3,23,24,25,26,27). The molecule has 2 heterocycles. The number of fused-ring (bicyclic) bond motifs is 1. The summed E-state index contributed by atoms with van der Waals surface area (Å²) in [6.07, 6.45) is 1.65. The second kappa shape index (κ2) is 8.19. The number of nitrogens with two attached hydrogens (primary N) is 1. The van der Waals surface area contributed by atoms with E-state index in [-0.39, 0.29) is 5.92 Å². The van der Waals surface area contributed by atoms with Gasteiger partial charge < -0.3 is 10.8 Å². The minimum Gasteiger partial charge on any atom is -0.393 e. The predicted molar refractivity (Wildman–Crippen MR) is 110 cm³/mol. The number of aromatic nitrogens is 4. The van der Waals surface area contributed by atoms with Crippen LogP contribution in [0.5, 0.6) is 0 Å². The van der Waals surface area contributed by atoms with E-state index in [0.717, 1.165) is 28.6 Å². The Bertz CT molecular complexity index is 1030. The number of benzene rings is 2. The molecule has 142 valence electrons. The molecular weight excluding hydrogens is 350 g/mol.